The third kappa shape index (κ3) is 3.04. The average molecular weight is 308 g/mol. The first-order valence-corrected chi connectivity index (χ1v) is 5.99. The minimum absolute atomic E-state index is 0.113. The molecular weight excluding hydrogens is 298 g/mol. The summed E-state index contributed by atoms with van der Waals surface area (Å²) < 4.78 is 0.997. The fourth-order valence-electron chi connectivity index (χ4n) is 1.42. The number of carbonyl (C=O) groups is 1. The van der Waals surface area contributed by atoms with Gasteiger partial charge >= 0.3 is 5.97 Å². The second-order valence-electron chi connectivity index (χ2n) is 3.58. The number of aromatic nitrogens is 2. The number of hydrogen-bond acceptors (Lipinski definition) is 4. The minimum atomic E-state index is -1.02. The Morgan fingerprint density at radius 3 is 2.67 bits per heavy atom. The summed E-state index contributed by atoms with van der Waals surface area (Å²) in [5.41, 5.74) is 1.14. The van der Waals surface area contributed by atoms with E-state index in [0.29, 0.717) is 6.54 Å². The van der Waals surface area contributed by atoms with Crippen LogP contribution in [0.4, 0.5) is 5.82 Å². The van der Waals surface area contributed by atoms with Crippen LogP contribution in [0.2, 0.25) is 0 Å². The highest BCUT2D eigenvalue weighted by Crippen LogP contribution is 2.14. The van der Waals surface area contributed by atoms with Crippen molar-refractivity contribution in [3.05, 3.63) is 52.1 Å². The van der Waals surface area contributed by atoms with Crippen LogP contribution in [0.1, 0.15) is 15.9 Å². The second kappa shape index (κ2) is 5.59. The van der Waals surface area contributed by atoms with Gasteiger partial charge in [-0.3, -0.25) is 0 Å². The van der Waals surface area contributed by atoms with Crippen LogP contribution in [0, 0.1) is 0 Å². The molecule has 0 saturated heterocycles. The molecule has 2 N–H and O–H groups in total. The van der Waals surface area contributed by atoms with Gasteiger partial charge in [-0.15, -0.1) is 5.10 Å². The van der Waals surface area contributed by atoms with E-state index in [0.717, 1.165) is 10.0 Å². The second-order valence-corrected chi connectivity index (χ2v) is 4.49. The Morgan fingerprint density at radius 1 is 1.28 bits per heavy atom. The largest absolute Gasteiger partial charge is 0.478 e. The molecule has 1 aromatic carbocycles. The summed E-state index contributed by atoms with van der Waals surface area (Å²) in [5.74, 6) is -0.754. The van der Waals surface area contributed by atoms with Crippen molar-refractivity contribution in [3.63, 3.8) is 0 Å². The van der Waals surface area contributed by atoms with Gasteiger partial charge in [0, 0.05) is 11.0 Å². The van der Waals surface area contributed by atoms with Gasteiger partial charge in [0.05, 0.1) is 6.20 Å². The van der Waals surface area contributed by atoms with Crippen molar-refractivity contribution in [2.75, 3.05) is 5.32 Å². The number of carboxylic acid groups (broad SMARTS) is 1. The van der Waals surface area contributed by atoms with E-state index in [1.54, 1.807) is 0 Å². The fraction of sp³-hybridized carbons (Fsp3) is 0.0833. The third-order valence-electron chi connectivity index (χ3n) is 2.32. The molecule has 0 amide bonds. The number of nitrogens with one attached hydrogen (secondary N) is 1. The Labute approximate surface area is 112 Å². The predicted octanol–water partition coefficient (Wildman–Crippen LogP) is 2.55. The molecule has 0 atom stereocenters. The van der Waals surface area contributed by atoms with Crippen LogP contribution in [0.5, 0.6) is 0 Å². The van der Waals surface area contributed by atoms with Crippen molar-refractivity contribution in [1.82, 2.24) is 10.2 Å². The van der Waals surface area contributed by atoms with Crippen LogP contribution >= 0.6 is 15.9 Å². The Morgan fingerprint density at radius 2 is 2.00 bits per heavy atom. The van der Waals surface area contributed by atoms with E-state index in [2.05, 4.69) is 31.4 Å². The van der Waals surface area contributed by atoms with Gasteiger partial charge in [0.25, 0.3) is 0 Å². The molecular formula is C12H10BrN3O2. The number of halogens is 1. The van der Waals surface area contributed by atoms with Gasteiger partial charge in [-0.1, -0.05) is 28.1 Å². The lowest BCUT2D eigenvalue weighted by Gasteiger charge is -2.07. The van der Waals surface area contributed by atoms with E-state index < -0.39 is 5.97 Å². The summed E-state index contributed by atoms with van der Waals surface area (Å²) in [6.45, 7) is 0.492. The SMILES string of the molecule is O=C(O)c1ccnnc1NCc1ccc(Br)cc1. The number of anilines is 1. The highest BCUT2D eigenvalue weighted by Gasteiger charge is 2.10. The number of rotatable bonds is 4. The third-order valence-corrected chi connectivity index (χ3v) is 2.85. The lowest BCUT2D eigenvalue weighted by Crippen LogP contribution is -2.09. The van der Waals surface area contributed by atoms with E-state index in [1.807, 2.05) is 24.3 Å². The standard InChI is InChI=1S/C12H10BrN3O2/c13-9-3-1-8(2-4-9)7-14-11-10(12(17)18)5-6-15-16-11/h1-6H,7H2,(H,14,16)(H,17,18). The molecule has 0 spiro atoms. The molecule has 0 aliphatic carbocycles. The smallest absolute Gasteiger partial charge is 0.339 e. The zero-order valence-electron chi connectivity index (χ0n) is 9.30. The molecule has 0 saturated carbocycles. The zero-order chi connectivity index (χ0) is 13.0. The van der Waals surface area contributed by atoms with E-state index in [-0.39, 0.29) is 11.4 Å². The van der Waals surface area contributed by atoms with E-state index in [9.17, 15) is 4.79 Å². The molecule has 2 aromatic rings. The Hall–Kier alpha value is -1.95. The maximum atomic E-state index is 11.0. The van der Waals surface area contributed by atoms with E-state index >= 15 is 0 Å². The van der Waals surface area contributed by atoms with E-state index in [1.165, 1.54) is 12.3 Å². The highest BCUT2D eigenvalue weighted by molar-refractivity contribution is 9.10. The minimum Gasteiger partial charge on any atom is -0.478 e. The Bertz CT molecular complexity index is 558. The number of hydrogen-bond donors (Lipinski definition) is 2. The molecule has 0 unspecified atom stereocenters. The number of nitrogens with zero attached hydrogens (tertiary/aromatic N) is 2. The summed E-state index contributed by atoms with van der Waals surface area (Å²) in [4.78, 5) is 11.0. The van der Waals surface area contributed by atoms with Gasteiger partial charge in [0.1, 0.15) is 5.56 Å². The van der Waals surface area contributed by atoms with Gasteiger partial charge in [-0.2, -0.15) is 5.10 Å². The van der Waals surface area contributed by atoms with Gasteiger partial charge < -0.3 is 10.4 Å². The molecule has 1 aromatic heterocycles. The molecule has 0 bridgehead atoms. The van der Waals surface area contributed by atoms with Crippen molar-refractivity contribution in [1.29, 1.82) is 0 Å². The van der Waals surface area contributed by atoms with Crippen molar-refractivity contribution in [2.24, 2.45) is 0 Å². The van der Waals surface area contributed by atoms with Crippen molar-refractivity contribution in [2.45, 2.75) is 6.54 Å². The van der Waals surface area contributed by atoms with Crippen LogP contribution in [0.25, 0.3) is 0 Å². The molecule has 1 heterocycles. The first-order chi connectivity index (χ1) is 8.66. The molecule has 0 aliphatic rings. The van der Waals surface area contributed by atoms with Gasteiger partial charge in [-0.25, -0.2) is 4.79 Å². The quantitative estimate of drug-likeness (QED) is 0.908. The van der Waals surface area contributed by atoms with E-state index in [4.69, 9.17) is 5.11 Å². The topological polar surface area (TPSA) is 75.1 Å². The lowest BCUT2D eigenvalue weighted by atomic mass is 10.2. The first-order valence-electron chi connectivity index (χ1n) is 5.20. The van der Waals surface area contributed by atoms with Crippen LogP contribution in [0.3, 0.4) is 0 Å². The number of carboxylic acids is 1. The first kappa shape index (κ1) is 12.5. The van der Waals surface area contributed by atoms with Gasteiger partial charge in [-0.05, 0) is 23.8 Å². The molecule has 0 fully saturated rings. The Kier molecular flexibility index (Phi) is 3.88. The average Bonchev–Trinajstić information content (AvgIpc) is 2.38. The molecule has 0 aliphatic heterocycles. The maximum absolute atomic E-state index is 11.0. The summed E-state index contributed by atoms with van der Waals surface area (Å²) >= 11 is 3.35. The molecule has 0 radical (unpaired) electrons. The fourth-order valence-corrected chi connectivity index (χ4v) is 1.69. The Balaban J connectivity index is 2.10. The zero-order valence-corrected chi connectivity index (χ0v) is 10.9. The van der Waals surface area contributed by atoms with Crippen molar-refractivity contribution in [3.8, 4) is 0 Å². The monoisotopic (exact) mass is 307 g/mol. The summed E-state index contributed by atoms with van der Waals surface area (Å²) in [7, 11) is 0. The van der Waals surface area contributed by atoms with Crippen LogP contribution in [-0.4, -0.2) is 21.3 Å². The van der Waals surface area contributed by atoms with Gasteiger partial charge in [0.2, 0.25) is 0 Å². The number of benzene rings is 1. The summed E-state index contributed by atoms with van der Waals surface area (Å²) in [5, 5.41) is 19.4. The van der Waals surface area contributed by atoms with Crippen molar-refractivity contribution < 1.29 is 9.90 Å². The molecule has 2 rings (SSSR count). The molecule has 18 heavy (non-hydrogen) atoms. The molecule has 6 heteroatoms. The highest BCUT2D eigenvalue weighted by atomic mass is 79.9. The summed E-state index contributed by atoms with van der Waals surface area (Å²) in [6.07, 6.45) is 1.36. The van der Waals surface area contributed by atoms with Crippen LogP contribution in [0.15, 0.2) is 41.0 Å². The number of aromatic carboxylic acids is 1. The summed E-state index contributed by atoms with van der Waals surface area (Å²) in [6, 6.07) is 9.14. The van der Waals surface area contributed by atoms with Gasteiger partial charge in [0.15, 0.2) is 5.82 Å². The normalized spacial score (nSPS) is 10.1. The predicted molar refractivity (Wildman–Crippen MR) is 70.5 cm³/mol. The molecule has 92 valence electrons. The van der Waals surface area contributed by atoms with Crippen molar-refractivity contribution >= 4 is 27.7 Å². The maximum Gasteiger partial charge on any atom is 0.339 e. The van der Waals surface area contributed by atoms with Crippen LogP contribution in [-0.2, 0) is 6.54 Å². The molecule has 5 nitrogen and oxygen atoms in total. The van der Waals surface area contributed by atoms with Crippen LogP contribution < -0.4 is 5.32 Å². The lowest BCUT2D eigenvalue weighted by molar-refractivity contribution is 0.0697.